The molecule has 8 nitrogen and oxygen atoms in total. The maximum Gasteiger partial charge on any atom is 0.293 e. The summed E-state index contributed by atoms with van der Waals surface area (Å²) >= 11 is 0. The Bertz CT molecular complexity index is 1210. The van der Waals surface area contributed by atoms with Crippen molar-refractivity contribution in [3.8, 4) is 5.75 Å². The van der Waals surface area contributed by atoms with E-state index in [-0.39, 0.29) is 25.1 Å². The fraction of sp³-hybridized carbons (Fsp3) is 0.459. The maximum absolute atomic E-state index is 12.3. The number of amides is 1. The third-order valence-corrected chi connectivity index (χ3v) is 6.89. The number of piperazine rings is 1. The van der Waals surface area contributed by atoms with Crippen LogP contribution in [0.3, 0.4) is 0 Å². The first-order valence-electron chi connectivity index (χ1n) is 15.8. The highest BCUT2D eigenvalue weighted by Gasteiger charge is 2.29. The standard InChI is InChI=1S/C23H32N2O6.C12H16.C2H6/c1-4-18(22(5-2)28-3)15-29-11-6-12-31-21-9-7-19(8-10-21)25-20(16-30-17-26)13-24-14-23(25)27;1-4-6-12-8-5-7-10(2)9-11(12)3;1-2/h4-5,7-10,17,20,24H,6,11-16H2,1-3H3;4,6-9H,5H2,1-3H3;1-2H3/b18-4-,22-5+;6-4-;/t20-;;/m1../s1. The number of rotatable bonds is 14. The van der Waals surface area contributed by atoms with Crippen LogP contribution in [-0.2, 0) is 23.8 Å². The molecule has 1 saturated heterocycles. The van der Waals surface area contributed by atoms with Crippen LogP contribution in [-0.4, -0.2) is 65.0 Å². The van der Waals surface area contributed by atoms with Crippen LogP contribution in [0.5, 0.6) is 5.75 Å². The minimum Gasteiger partial charge on any atom is -0.497 e. The molecule has 0 saturated carbocycles. The minimum atomic E-state index is -0.237. The summed E-state index contributed by atoms with van der Waals surface area (Å²) in [4.78, 5) is 24.5. The van der Waals surface area contributed by atoms with Gasteiger partial charge in [-0.25, -0.2) is 0 Å². The Hall–Kier alpha value is -3.88. The second kappa shape index (κ2) is 23.5. The lowest BCUT2D eigenvalue weighted by Gasteiger charge is -2.35. The number of carbonyl (C=O) groups is 2. The second-order valence-electron chi connectivity index (χ2n) is 10.1. The summed E-state index contributed by atoms with van der Waals surface area (Å²) in [6.07, 6.45) is 16.7. The van der Waals surface area contributed by atoms with Crippen molar-refractivity contribution >= 4 is 18.1 Å². The molecule has 1 N–H and O–H groups in total. The quantitative estimate of drug-likeness (QED) is 0.101. The van der Waals surface area contributed by atoms with Crippen molar-refractivity contribution in [2.75, 3.05) is 51.5 Å². The molecule has 1 heterocycles. The van der Waals surface area contributed by atoms with Gasteiger partial charge < -0.3 is 29.2 Å². The van der Waals surface area contributed by atoms with E-state index in [0.29, 0.717) is 32.8 Å². The lowest BCUT2D eigenvalue weighted by molar-refractivity contribution is -0.130. The fourth-order valence-corrected chi connectivity index (χ4v) is 4.73. The predicted octanol–water partition coefficient (Wildman–Crippen LogP) is 7.26. The van der Waals surface area contributed by atoms with Crippen molar-refractivity contribution in [1.29, 1.82) is 0 Å². The molecule has 1 aromatic carbocycles. The van der Waals surface area contributed by atoms with Gasteiger partial charge in [0.15, 0.2) is 0 Å². The van der Waals surface area contributed by atoms with E-state index in [0.717, 1.165) is 35.6 Å². The van der Waals surface area contributed by atoms with Gasteiger partial charge in [0.1, 0.15) is 18.1 Å². The van der Waals surface area contributed by atoms with Crippen LogP contribution < -0.4 is 15.0 Å². The Morgan fingerprint density at radius 3 is 2.40 bits per heavy atom. The fourth-order valence-electron chi connectivity index (χ4n) is 4.73. The topological polar surface area (TPSA) is 86.3 Å². The molecule has 0 spiro atoms. The van der Waals surface area contributed by atoms with Crippen LogP contribution in [0.1, 0.15) is 61.3 Å². The Kier molecular flexibility index (Phi) is 20.4. The average molecular weight is 623 g/mol. The lowest BCUT2D eigenvalue weighted by atomic mass is 10.1. The Balaban J connectivity index is 0.000000601. The molecule has 3 rings (SSSR count). The van der Waals surface area contributed by atoms with E-state index >= 15 is 0 Å². The van der Waals surface area contributed by atoms with Gasteiger partial charge in [0, 0.05) is 24.2 Å². The monoisotopic (exact) mass is 622 g/mol. The van der Waals surface area contributed by atoms with E-state index in [1.165, 1.54) is 16.7 Å². The number of nitrogens with one attached hydrogen (secondary N) is 1. The van der Waals surface area contributed by atoms with Crippen molar-refractivity contribution in [2.24, 2.45) is 0 Å². The second-order valence-corrected chi connectivity index (χ2v) is 10.1. The van der Waals surface area contributed by atoms with Gasteiger partial charge in [-0.2, -0.15) is 0 Å². The summed E-state index contributed by atoms with van der Waals surface area (Å²) in [6.45, 7) is 17.2. The summed E-state index contributed by atoms with van der Waals surface area (Å²) in [5.74, 6) is 1.48. The van der Waals surface area contributed by atoms with Crippen molar-refractivity contribution in [3.05, 3.63) is 94.8 Å². The molecule has 8 heteroatoms. The Morgan fingerprint density at radius 1 is 1.04 bits per heavy atom. The van der Waals surface area contributed by atoms with Gasteiger partial charge in [0.25, 0.3) is 6.47 Å². The van der Waals surface area contributed by atoms with E-state index in [2.05, 4.69) is 56.5 Å². The summed E-state index contributed by atoms with van der Waals surface area (Å²) in [5, 5.41) is 3.04. The Labute approximate surface area is 271 Å². The zero-order valence-corrected chi connectivity index (χ0v) is 28.6. The molecule has 1 amide bonds. The molecule has 1 aliphatic carbocycles. The van der Waals surface area contributed by atoms with Crippen molar-refractivity contribution in [1.82, 2.24) is 5.32 Å². The van der Waals surface area contributed by atoms with Crippen LogP contribution in [0.4, 0.5) is 5.69 Å². The molecule has 1 fully saturated rings. The number of hydrogen-bond donors (Lipinski definition) is 1. The molecule has 45 heavy (non-hydrogen) atoms. The molecule has 0 aromatic heterocycles. The third kappa shape index (κ3) is 14.2. The summed E-state index contributed by atoms with van der Waals surface area (Å²) < 4.78 is 21.7. The number of benzene rings is 1. The first kappa shape index (κ1) is 39.1. The van der Waals surface area contributed by atoms with Gasteiger partial charge in [-0.15, -0.1) is 0 Å². The number of anilines is 1. The van der Waals surface area contributed by atoms with Gasteiger partial charge in [-0.1, -0.05) is 55.9 Å². The minimum absolute atomic E-state index is 0.0633. The summed E-state index contributed by atoms with van der Waals surface area (Å²) in [6, 6.07) is 7.10. The van der Waals surface area contributed by atoms with Crippen LogP contribution in [0.25, 0.3) is 0 Å². The molecular formula is C37H54N2O6. The van der Waals surface area contributed by atoms with Crippen molar-refractivity contribution in [3.63, 3.8) is 0 Å². The predicted molar refractivity (Wildman–Crippen MR) is 184 cm³/mol. The number of methoxy groups -OCH3 is 1. The number of ether oxygens (including phenoxy) is 4. The normalized spacial score (nSPS) is 17.1. The molecule has 0 unspecified atom stereocenters. The first-order chi connectivity index (χ1) is 21.9. The summed E-state index contributed by atoms with van der Waals surface area (Å²) in [5.41, 5.74) is 5.84. The highest BCUT2D eigenvalue weighted by atomic mass is 16.5. The van der Waals surface area contributed by atoms with Gasteiger partial charge in [-0.05, 0) is 82.5 Å². The van der Waals surface area contributed by atoms with Gasteiger partial charge >= 0.3 is 0 Å². The smallest absolute Gasteiger partial charge is 0.293 e. The molecule has 248 valence electrons. The lowest BCUT2D eigenvalue weighted by Crippen LogP contribution is -2.57. The maximum atomic E-state index is 12.3. The SMILES string of the molecule is C/C=C(COCCCOc1ccc(N2C(=O)CNC[C@@H]2COC=O)cc1)\C(=C/C)OC.C/C=C\C1=CCC=C(C)C=C1C.CC. The van der Waals surface area contributed by atoms with Gasteiger partial charge in [-0.3, -0.25) is 9.59 Å². The molecule has 1 atom stereocenters. The highest BCUT2D eigenvalue weighted by molar-refractivity contribution is 5.96. The van der Waals surface area contributed by atoms with Gasteiger partial charge in [0.05, 0.1) is 39.5 Å². The van der Waals surface area contributed by atoms with Crippen molar-refractivity contribution < 1.29 is 28.5 Å². The third-order valence-electron chi connectivity index (χ3n) is 6.89. The number of allylic oxidation sites excluding steroid dienone is 10. The number of carbonyl (C=O) groups excluding carboxylic acids is 2. The number of nitrogens with zero attached hydrogens (tertiary/aromatic N) is 1. The molecule has 1 aromatic rings. The van der Waals surface area contributed by atoms with Crippen LogP contribution in [0, 0.1) is 0 Å². The molecule has 1 aliphatic heterocycles. The largest absolute Gasteiger partial charge is 0.497 e. The van der Waals surface area contributed by atoms with Crippen molar-refractivity contribution in [2.45, 2.75) is 67.3 Å². The van der Waals surface area contributed by atoms with Crippen LogP contribution >= 0.6 is 0 Å². The molecule has 2 aliphatic rings. The van der Waals surface area contributed by atoms with E-state index < -0.39 is 0 Å². The van der Waals surface area contributed by atoms with E-state index in [9.17, 15) is 9.59 Å². The van der Waals surface area contributed by atoms with E-state index in [1.807, 2.05) is 64.1 Å². The van der Waals surface area contributed by atoms with Crippen LogP contribution in [0.2, 0.25) is 0 Å². The molecule has 0 radical (unpaired) electrons. The van der Waals surface area contributed by atoms with E-state index in [4.69, 9.17) is 18.9 Å². The zero-order chi connectivity index (χ0) is 33.5. The highest BCUT2D eigenvalue weighted by Crippen LogP contribution is 2.23. The first-order valence-corrected chi connectivity index (χ1v) is 15.8. The van der Waals surface area contributed by atoms with Crippen LogP contribution in [0.15, 0.2) is 94.8 Å². The molecule has 0 bridgehead atoms. The summed E-state index contributed by atoms with van der Waals surface area (Å²) in [7, 11) is 1.65. The number of hydrogen-bond acceptors (Lipinski definition) is 7. The Morgan fingerprint density at radius 2 is 1.78 bits per heavy atom. The average Bonchev–Trinajstić information content (AvgIpc) is 3.22. The van der Waals surface area contributed by atoms with E-state index in [1.54, 1.807) is 12.0 Å². The molecular weight excluding hydrogens is 568 g/mol. The van der Waals surface area contributed by atoms with Gasteiger partial charge in [0.2, 0.25) is 5.91 Å². The zero-order valence-electron chi connectivity index (χ0n) is 28.6.